The zero-order valence-corrected chi connectivity index (χ0v) is 12.5. The number of anilines is 1. The largest absolute Gasteiger partial charge is 0.321 e. The molecule has 2 rings (SSSR count). The Labute approximate surface area is 133 Å². The fraction of sp³-hybridized carbons (Fsp3) is 0.0625. The van der Waals surface area contributed by atoms with E-state index in [-0.39, 0.29) is 12.5 Å². The average Bonchev–Trinajstić information content (AvgIpc) is 2.47. The molecule has 0 unspecified atom stereocenters. The van der Waals surface area contributed by atoms with Crippen molar-refractivity contribution >= 4 is 34.8 Å². The third-order valence-corrected chi connectivity index (χ3v) is 3.15. The lowest BCUT2D eigenvalue weighted by atomic mass is 10.1. The highest BCUT2D eigenvalue weighted by Crippen LogP contribution is 2.21. The maximum atomic E-state index is 12.2. The molecule has 0 saturated heterocycles. The summed E-state index contributed by atoms with van der Waals surface area (Å²) in [4.78, 5) is 12.2. The SMILES string of the molecule is NCC#Cc1ccc(Cl)cc1NC(=O)c1ccc(Cl)cc1. The molecule has 0 fully saturated rings. The lowest BCUT2D eigenvalue weighted by Gasteiger charge is -2.08. The van der Waals surface area contributed by atoms with Crippen LogP contribution < -0.4 is 11.1 Å². The first kappa shape index (κ1) is 15.4. The van der Waals surface area contributed by atoms with E-state index in [4.69, 9.17) is 28.9 Å². The Kier molecular flexibility index (Phi) is 5.24. The van der Waals surface area contributed by atoms with E-state index >= 15 is 0 Å². The number of amides is 1. The molecule has 0 heterocycles. The van der Waals surface area contributed by atoms with E-state index in [0.29, 0.717) is 26.9 Å². The van der Waals surface area contributed by atoms with Crippen molar-refractivity contribution < 1.29 is 4.79 Å². The van der Waals surface area contributed by atoms with Gasteiger partial charge in [-0.1, -0.05) is 35.0 Å². The summed E-state index contributed by atoms with van der Waals surface area (Å²) in [5.41, 5.74) is 7.06. The van der Waals surface area contributed by atoms with Crippen molar-refractivity contribution in [2.24, 2.45) is 5.73 Å². The van der Waals surface area contributed by atoms with Crippen molar-refractivity contribution in [2.75, 3.05) is 11.9 Å². The molecule has 1 amide bonds. The van der Waals surface area contributed by atoms with E-state index in [9.17, 15) is 4.79 Å². The van der Waals surface area contributed by atoms with Gasteiger partial charge in [0.05, 0.1) is 12.2 Å². The first-order chi connectivity index (χ1) is 10.1. The Morgan fingerprint density at radius 2 is 1.76 bits per heavy atom. The minimum Gasteiger partial charge on any atom is -0.321 e. The summed E-state index contributed by atoms with van der Waals surface area (Å²) in [6.45, 7) is 0.243. The van der Waals surface area contributed by atoms with Crippen LogP contribution in [0.5, 0.6) is 0 Å². The number of halogens is 2. The lowest BCUT2D eigenvalue weighted by molar-refractivity contribution is 0.102. The molecular weight excluding hydrogens is 307 g/mol. The summed E-state index contributed by atoms with van der Waals surface area (Å²) in [7, 11) is 0. The van der Waals surface area contributed by atoms with Gasteiger partial charge in [-0.05, 0) is 42.5 Å². The third-order valence-electron chi connectivity index (χ3n) is 2.66. The maximum Gasteiger partial charge on any atom is 0.255 e. The normalized spacial score (nSPS) is 9.67. The molecule has 0 aliphatic carbocycles. The van der Waals surface area contributed by atoms with Gasteiger partial charge < -0.3 is 11.1 Å². The zero-order valence-electron chi connectivity index (χ0n) is 11.0. The number of rotatable bonds is 2. The van der Waals surface area contributed by atoms with Crippen molar-refractivity contribution in [3.63, 3.8) is 0 Å². The standard InChI is InChI=1S/C16H12Cl2N2O/c17-13-6-4-12(5-7-13)16(21)20-15-10-14(18)8-3-11(15)2-1-9-19/h3-8,10H,9,19H2,(H,20,21). The number of nitrogens with one attached hydrogen (secondary N) is 1. The average molecular weight is 319 g/mol. The van der Waals surface area contributed by atoms with E-state index in [1.165, 1.54) is 0 Å². The van der Waals surface area contributed by atoms with Gasteiger partial charge in [0.1, 0.15) is 0 Å². The summed E-state index contributed by atoms with van der Waals surface area (Å²) < 4.78 is 0. The molecule has 0 aliphatic rings. The number of benzene rings is 2. The van der Waals surface area contributed by atoms with Crippen molar-refractivity contribution in [1.29, 1.82) is 0 Å². The quantitative estimate of drug-likeness (QED) is 0.832. The van der Waals surface area contributed by atoms with Crippen molar-refractivity contribution in [3.8, 4) is 11.8 Å². The number of carbonyl (C=O) groups is 1. The lowest BCUT2D eigenvalue weighted by Crippen LogP contribution is -2.12. The minimum absolute atomic E-state index is 0.243. The maximum absolute atomic E-state index is 12.2. The molecule has 0 aromatic heterocycles. The predicted molar refractivity (Wildman–Crippen MR) is 86.8 cm³/mol. The first-order valence-electron chi connectivity index (χ1n) is 6.15. The smallest absolute Gasteiger partial charge is 0.255 e. The molecule has 2 aromatic rings. The molecule has 0 radical (unpaired) electrons. The van der Waals surface area contributed by atoms with Crippen molar-refractivity contribution in [2.45, 2.75) is 0 Å². The number of hydrogen-bond acceptors (Lipinski definition) is 2. The van der Waals surface area contributed by atoms with E-state index in [2.05, 4.69) is 17.2 Å². The molecule has 0 spiro atoms. The molecule has 0 saturated carbocycles. The molecule has 0 bridgehead atoms. The Hall–Kier alpha value is -1.99. The first-order valence-corrected chi connectivity index (χ1v) is 6.91. The van der Waals surface area contributed by atoms with E-state index < -0.39 is 0 Å². The van der Waals surface area contributed by atoms with E-state index in [0.717, 1.165) is 0 Å². The van der Waals surface area contributed by atoms with Crippen LogP contribution in [0.3, 0.4) is 0 Å². The summed E-state index contributed by atoms with van der Waals surface area (Å²) in [5, 5.41) is 3.87. The molecule has 3 nitrogen and oxygen atoms in total. The Morgan fingerprint density at radius 3 is 2.43 bits per heavy atom. The van der Waals surface area contributed by atoms with Crippen molar-refractivity contribution in [1.82, 2.24) is 0 Å². The van der Waals surface area contributed by atoms with Gasteiger partial charge in [-0.3, -0.25) is 4.79 Å². The van der Waals surface area contributed by atoms with Gasteiger partial charge in [0, 0.05) is 21.2 Å². The highest BCUT2D eigenvalue weighted by molar-refractivity contribution is 6.31. The molecule has 0 aliphatic heterocycles. The summed E-state index contributed by atoms with van der Waals surface area (Å²) in [5.74, 6) is 5.39. The van der Waals surface area contributed by atoms with Crippen LogP contribution in [0.25, 0.3) is 0 Å². The van der Waals surface area contributed by atoms with Crippen LogP contribution in [0.2, 0.25) is 10.0 Å². The molecular formula is C16H12Cl2N2O. The highest BCUT2D eigenvalue weighted by Gasteiger charge is 2.09. The van der Waals surface area contributed by atoms with Crippen LogP contribution in [0, 0.1) is 11.8 Å². The predicted octanol–water partition coefficient (Wildman–Crippen LogP) is 3.56. The van der Waals surface area contributed by atoms with Crippen LogP contribution in [0.15, 0.2) is 42.5 Å². The van der Waals surface area contributed by atoms with Crippen LogP contribution >= 0.6 is 23.2 Å². The van der Waals surface area contributed by atoms with Gasteiger partial charge in [-0.15, -0.1) is 0 Å². The Bertz CT molecular complexity index is 715. The van der Waals surface area contributed by atoms with Gasteiger partial charge in [-0.2, -0.15) is 0 Å². The summed E-state index contributed by atoms with van der Waals surface area (Å²) >= 11 is 11.8. The molecule has 0 atom stereocenters. The summed E-state index contributed by atoms with van der Waals surface area (Å²) in [6.07, 6.45) is 0. The van der Waals surface area contributed by atoms with Crippen LogP contribution in [-0.2, 0) is 0 Å². The minimum atomic E-state index is -0.260. The Morgan fingerprint density at radius 1 is 1.10 bits per heavy atom. The third kappa shape index (κ3) is 4.24. The summed E-state index contributed by atoms with van der Waals surface area (Å²) in [6, 6.07) is 11.7. The van der Waals surface area contributed by atoms with Gasteiger partial charge in [-0.25, -0.2) is 0 Å². The molecule has 2 aromatic carbocycles. The Balaban J connectivity index is 2.27. The van der Waals surface area contributed by atoms with E-state index in [1.54, 1.807) is 42.5 Å². The second-order valence-electron chi connectivity index (χ2n) is 4.16. The van der Waals surface area contributed by atoms with Crippen LogP contribution in [0.4, 0.5) is 5.69 Å². The van der Waals surface area contributed by atoms with Gasteiger partial charge in [0.2, 0.25) is 0 Å². The number of hydrogen-bond donors (Lipinski definition) is 2. The second-order valence-corrected chi connectivity index (χ2v) is 5.03. The van der Waals surface area contributed by atoms with Gasteiger partial charge in [0.15, 0.2) is 0 Å². The van der Waals surface area contributed by atoms with Crippen LogP contribution in [0.1, 0.15) is 15.9 Å². The zero-order chi connectivity index (χ0) is 15.2. The highest BCUT2D eigenvalue weighted by atomic mass is 35.5. The van der Waals surface area contributed by atoms with E-state index in [1.807, 2.05) is 0 Å². The van der Waals surface area contributed by atoms with Crippen molar-refractivity contribution in [3.05, 3.63) is 63.6 Å². The second kappa shape index (κ2) is 7.14. The molecule has 3 N–H and O–H groups in total. The number of nitrogens with two attached hydrogens (primary N) is 1. The number of carbonyl (C=O) groups excluding carboxylic acids is 1. The fourth-order valence-corrected chi connectivity index (χ4v) is 1.97. The van der Waals surface area contributed by atoms with Gasteiger partial charge >= 0.3 is 0 Å². The fourth-order valence-electron chi connectivity index (χ4n) is 1.67. The topological polar surface area (TPSA) is 55.1 Å². The van der Waals surface area contributed by atoms with Gasteiger partial charge in [0.25, 0.3) is 5.91 Å². The molecule has 5 heteroatoms. The molecule has 106 valence electrons. The molecule has 21 heavy (non-hydrogen) atoms. The van der Waals surface area contributed by atoms with Crippen LogP contribution in [-0.4, -0.2) is 12.5 Å². The monoisotopic (exact) mass is 318 g/mol.